The van der Waals surface area contributed by atoms with Crippen LogP contribution in [0.1, 0.15) is 12.8 Å². The minimum atomic E-state index is -3.72. The number of sulfonamides is 1. The number of ether oxygens (including phenoxy) is 1. The highest BCUT2D eigenvalue weighted by molar-refractivity contribution is 7.89. The molecule has 0 aromatic heterocycles. The van der Waals surface area contributed by atoms with Crippen molar-refractivity contribution in [2.45, 2.75) is 23.8 Å². The summed E-state index contributed by atoms with van der Waals surface area (Å²) in [6, 6.07) is 5.46. The van der Waals surface area contributed by atoms with Gasteiger partial charge >= 0.3 is 0 Å². The summed E-state index contributed by atoms with van der Waals surface area (Å²) in [5, 5.41) is 0. The van der Waals surface area contributed by atoms with Crippen LogP contribution in [0.2, 0.25) is 0 Å². The molecule has 1 heterocycles. The molecule has 1 aliphatic rings. The first-order valence-corrected chi connectivity index (χ1v) is 7.27. The molecule has 0 spiro atoms. The molecular formula is C12H16FNO3S. The molecule has 0 amide bonds. The summed E-state index contributed by atoms with van der Waals surface area (Å²) < 4.78 is 44.6. The monoisotopic (exact) mass is 273 g/mol. The summed E-state index contributed by atoms with van der Waals surface area (Å²) in [5.41, 5.74) is 0. The predicted octanol–water partition coefficient (Wildman–Crippen LogP) is 1.63. The lowest BCUT2D eigenvalue weighted by molar-refractivity contribution is 0.0604. The van der Waals surface area contributed by atoms with Crippen LogP contribution in [0.4, 0.5) is 4.39 Å². The van der Waals surface area contributed by atoms with Gasteiger partial charge in [-0.05, 0) is 25.0 Å². The molecule has 0 aliphatic carbocycles. The lowest BCUT2D eigenvalue weighted by Crippen LogP contribution is -2.40. The molecule has 1 aromatic rings. The molecule has 0 radical (unpaired) electrons. The van der Waals surface area contributed by atoms with Gasteiger partial charge in [-0.3, -0.25) is 0 Å². The number of halogens is 1. The number of rotatable bonds is 3. The zero-order chi connectivity index (χ0) is 13.2. The van der Waals surface area contributed by atoms with Crippen LogP contribution in [-0.2, 0) is 14.8 Å². The standard InChI is InChI=1S/C12H16FNO3S/c1-17-10-6-8-14(9-7-10)18(15,16)12-5-3-2-4-11(12)13/h2-5,10H,6-9H2,1H3. The summed E-state index contributed by atoms with van der Waals surface area (Å²) in [5.74, 6) is -0.702. The van der Waals surface area contributed by atoms with E-state index >= 15 is 0 Å². The van der Waals surface area contributed by atoms with Gasteiger partial charge in [0.2, 0.25) is 10.0 Å². The normalized spacial score (nSPS) is 19.0. The summed E-state index contributed by atoms with van der Waals surface area (Å²) in [6.45, 7) is 0.740. The number of hydrogen-bond acceptors (Lipinski definition) is 3. The van der Waals surface area contributed by atoms with Gasteiger partial charge in [-0.1, -0.05) is 12.1 Å². The average molecular weight is 273 g/mol. The second-order valence-electron chi connectivity index (χ2n) is 4.27. The minimum absolute atomic E-state index is 0.0945. The molecule has 0 bridgehead atoms. The third-order valence-corrected chi connectivity index (χ3v) is 5.12. The van der Waals surface area contributed by atoms with Crippen LogP contribution < -0.4 is 0 Å². The Balaban J connectivity index is 2.20. The fourth-order valence-electron chi connectivity index (χ4n) is 2.10. The zero-order valence-corrected chi connectivity index (χ0v) is 11.0. The Labute approximate surface area is 106 Å². The molecule has 18 heavy (non-hydrogen) atoms. The molecular weight excluding hydrogens is 257 g/mol. The maximum absolute atomic E-state index is 13.6. The van der Waals surface area contributed by atoms with E-state index in [1.807, 2.05) is 0 Å². The first kappa shape index (κ1) is 13.5. The van der Waals surface area contributed by atoms with Crippen LogP contribution in [0.5, 0.6) is 0 Å². The van der Waals surface area contributed by atoms with E-state index < -0.39 is 15.8 Å². The highest BCUT2D eigenvalue weighted by Gasteiger charge is 2.30. The van der Waals surface area contributed by atoms with E-state index in [0.29, 0.717) is 25.9 Å². The third kappa shape index (κ3) is 2.55. The van der Waals surface area contributed by atoms with Crippen molar-refractivity contribution in [3.8, 4) is 0 Å². The molecule has 0 atom stereocenters. The van der Waals surface area contributed by atoms with Crippen molar-refractivity contribution in [1.82, 2.24) is 4.31 Å². The molecule has 0 saturated carbocycles. The number of nitrogens with zero attached hydrogens (tertiary/aromatic N) is 1. The number of methoxy groups -OCH3 is 1. The van der Waals surface area contributed by atoms with E-state index in [0.717, 1.165) is 6.07 Å². The fourth-order valence-corrected chi connectivity index (χ4v) is 3.64. The smallest absolute Gasteiger partial charge is 0.245 e. The van der Waals surface area contributed by atoms with Crippen molar-refractivity contribution < 1.29 is 17.5 Å². The van der Waals surface area contributed by atoms with Crippen molar-refractivity contribution in [2.75, 3.05) is 20.2 Å². The molecule has 4 nitrogen and oxygen atoms in total. The first-order chi connectivity index (χ1) is 8.55. The Morgan fingerprint density at radius 2 is 1.89 bits per heavy atom. The van der Waals surface area contributed by atoms with Gasteiger partial charge in [0.05, 0.1) is 6.10 Å². The number of piperidine rings is 1. The third-order valence-electron chi connectivity index (χ3n) is 3.19. The molecule has 1 fully saturated rings. The van der Waals surface area contributed by atoms with Gasteiger partial charge in [0.15, 0.2) is 0 Å². The summed E-state index contributed by atoms with van der Waals surface area (Å²) >= 11 is 0. The second-order valence-corrected chi connectivity index (χ2v) is 6.18. The Morgan fingerprint density at radius 3 is 2.44 bits per heavy atom. The van der Waals surface area contributed by atoms with Crippen LogP contribution in [-0.4, -0.2) is 39.0 Å². The van der Waals surface area contributed by atoms with Crippen molar-refractivity contribution >= 4 is 10.0 Å². The molecule has 2 rings (SSSR count). The maximum Gasteiger partial charge on any atom is 0.245 e. The predicted molar refractivity (Wildman–Crippen MR) is 65.2 cm³/mol. The highest BCUT2D eigenvalue weighted by atomic mass is 32.2. The number of benzene rings is 1. The fraction of sp³-hybridized carbons (Fsp3) is 0.500. The van der Waals surface area contributed by atoms with E-state index in [4.69, 9.17) is 4.74 Å². The molecule has 0 unspecified atom stereocenters. The zero-order valence-electron chi connectivity index (χ0n) is 10.2. The Kier molecular flexibility index (Phi) is 3.99. The van der Waals surface area contributed by atoms with E-state index in [2.05, 4.69) is 0 Å². The van der Waals surface area contributed by atoms with Crippen molar-refractivity contribution in [3.63, 3.8) is 0 Å². The van der Waals surface area contributed by atoms with Crippen LogP contribution in [0, 0.1) is 5.82 Å². The van der Waals surface area contributed by atoms with Crippen molar-refractivity contribution in [1.29, 1.82) is 0 Å². The van der Waals surface area contributed by atoms with Gasteiger partial charge in [0.1, 0.15) is 10.7 Å². The summed E-state index contributed by atoms with van der Waals surface area (Å²) in [4.78, 5) is -0.249. The van der Waals surface area contributed by atoms with Crippen LogP contribution in [0.15, 0.2) is 29.2 Å². The van der Waals surface area contributed by atoms with Gasteiger partial charge in [-0.25, -0.2) is 12.8 Å². The van der Waals surface area contributed by atoms with Gasteiger partial charge in [0, 0.05) is 20.2 Å². The highest BCUT2D eigenvalue weighted by Crippen LogP contribution is 2.23. The van der Waals surface area contributed by atoms with E-state index in [-0.39, 0.29) is 11.0 Å². The maximum atomic E-state index is 13.6. The first-order valence-electron chi connectivity index (χ1n) is 5.83. The second kappa shape index (κ2) is 5.34. The Bertz CT molecular complexity index is 510. The topological polar surface area (TPSA) is 46.6 Å². The van der Waals surface area contributed by atoms with Gasteiger partial charge < -0.3 is 4.74 Å². The van der Waals surface area contributed by atoms with Gasteiger partial charge in [-0.15, -0.1) is 0 Å². The largest absolute Gasteiger partial charge is 0.381 e. The number of hydrogen-bond donors (Lipinski definition) is 0. The van der Waals surface area contributed by atoms with Gasteiger partial charge in [-0.2, -0.15) is 4.31 Å². The quantitative estimate of drug-likeness (QED) is 0.841. The van der Waals surface area contributed by atoms with E-state index in [1.165, 1.54) is 22.5 Å². The minimum Gasteiger partial charge on any atom is -0.381 e. The lowest BCUT2D eigenvalue weighted by atomic mass is 10.1. The molecule has 6 heteroatoms. The molecule has 1 aromatic carbocycles. The van der Waals surface area contributed by atoms with Crippen LogP contribution in [0.25, 0.3) is 0 Å². The van der Waals surface area contributed by atoms with E-state index in [9.17, 15) is 12.8 Å². The van der Waals surface area contributed by atoms with Gasteiger partial charge in [0.25, 0.3) is 0 Å². The average Bonchev–Trinajstić information content (AvgIpc) is 2.39. The van der Waals surface area contributed by atoms with Crippen molar-refractivity contribution in [3.05, 3.63) is 30.1 Å². The lowest BCUT2D eigenvalue weighted by Gasteiger charge is -2.30. The Morgan fingerprint density at radius 1 is 1.28 bits per heavy atom. The molecule has 100 valence electrons. The SMILES string of the molecule is COC1CCN(S(=O)(=O)c2ccccc2F)CC1. The molecule has 1 aliphatic heterocycles. The summed E-state index contributed by atoms with van der Waals surface area (Å²) in [6.07, 6.45) is 1.38. The van der Waals surface area contributed by atoms with E-state index in [1.54, 1.807) is 7.11 Å². The van der Waals surface area contributed by atoms with Crippen molar-refractivity contribution in [2.24, 2.45) is 0 Å². The summed E-state index contributed by atoms with van der Waals surface area (Å²) in [7, 11) is -2.10. The molecule has 1 saturated heterocycles. The Hall–Kier alpha value is -0.980. The molecule has 0 N–H and O–H groups in total. The van der Waals surface area contributed by atoms with Crippen LogP contribution >= 0.6 is 0 Å². The van der Waals surface area contributed by atoms with Crippen LogP contribution in [0.3, 0.4) is 0 Å².